The monoisotopic (exact) mass is 317 g/mol. The van der Waals surface area contributed by atoms with E-state index in [1.165, 1.54) is 12.1 Å². The van der Waals surface area contributed by atoms with Crippen LogP contribution in [0.15, 0.2) is 23.1 Å². The zero-order valence-electron chi connectivity index (χ0n) is 12.9. The van der Waals surface area contributed by atoms with Gasteiger partial charge in [0.2, 0.25) is 10.0 Å². The number of hydrogen-bond donors (Lipinski definition) is 2. The van der Waals surface area contributed by atoms with E-state index in [4.69, 9.17) is 5.73 Å². The highest BCUT2D eigenvalue weighted by molar-refractivity contribution is 7.89. The van der Waals surface area contributed by atoms with Crippen LogP contribution in [0.4, 0.5) is 4.39 Å². The third-order valence-corrected chi connectivity index (χ3v) is 4.72. The van der Waals surface area contributed by atoms with Crippen molar-refractivity contribution in [2.45, 2.75) is 31.3 Å². The highest BCUT2D eigenvalue weighted by Gasteiger charge is 2.25. The Morgan fingerprint density at radius 2 is 1.95 bits per heavy atom. The highest BCUT2D eigenvalue weighted by Crippen LogP contribution is 2.17. The Bertz CT molecular complexity index is 574. The number of sulfonamides is 1. The molecule has 0 bridgehead atoms. The summed E-state index contributed by atoms with van der Waals surface area (Å²) < 4.78 is 41.2. The van der Waals surface area contributed by atoms with E-state index < -0.39 is 15.8 Å². The van der Waals surface area contributed by atoms with Crippen molar-refractivity contribution in [3.63, 3.8) is 0 Å². The number of halogens is 1. The van der Waals surface area contributed by atoms with Gasteiger partial charge in [-0.25, -0.2) is 17.5 Å². The molecule has 0 spiro atoms. The fraction of sp³-hybridized carbons (Fsp3) is 0.571. The SMILES string of the molecule is CC(C)C(CN(C)C)NS(=O)(=O)c1ccc(CN)cc1F. The summed E-state index contributed by atoms with van der Waals surface area (Å²) in [5, 5.41) is 0. The molecule has 7 heteroatoms. The molecule has 0 aliphatic carbocycles. The van der Waals surface area contributed by atoms with Crippen molar-refractivity contribution >= 4 is 10.0 Å². The summed E-state index contributed by atoms with van der Waals surface area (Å²) in [6, 6.07) is 3.64. The van der Waals surface area contributed by atoms with Gasteiger partial charge >= 0.3 is 0 Å². The first-order chi connectivity index (χ1) is 9.67. The van der Waals surface area contributed by atoms with Gasteiger partial charge in [0.1, 0.15) is 10.7 Å². The van der Waals surface area contributed by atoms with Crippen molar-refractivity contribution in [1.29, 1.82) is 0 Å². The third-order valence-electron chi connectivity index (χ3n) is 3.19. The van der Waals surface area contributed by atoms with Crippen molar-refractivity contribution in [1.82, 2.24) is 9.62 Å². The van der Waals surface area contributed by atoms with Gasteiger partial charge in [-0.3, -0.25) is 0 Å². The second-order valence-corrected chi connectivity index (χ2v) is 7.39. The summed E-state index contributed by atoms with van der Waals surface area (Å²) in [5.41, 5.74) is 5.97. The minimum Gasteiger partial charge on any atom is -0.326 e. The van der Waals surface area contributed by atoms with Crippen LogP contribution in [0, 0.1) is 11.7 Å². The van der Waals surface area contributed by atoms with Crippen LogP contribution in [-0.4, -0.2) is 40.0 Å². The van der Waals surface area contributed by atoms with Crippen LogP contribution >= 0.6 is 0 Å². The molecule has 0 aliphatic heterocycles. The Kier molecular flexibility index (Phi) is 6.27. The topological polar surface area (TPSA) is 75.4 Å². The van der Waals surface area contributed by atoms with Crippen molar-refractivity contribution in [3.8, 4) is 0 Å². The van der Waals surface area contributed by atoms with Crippen LogP contribution in [0.3, 0.4) is 0 Å². The standard InChI is InChI=1S/C14H24FN3O2S/c1-10(2)13(9-18(3)4)17-21(19,20)14-6-5-11(8-16)7-12(14)15/h5-7,10,13,17H,8-9,16H2,1-4H3. The first-order valence-corrected chi connectivity index (χ1v) is 8.31. The molecule has 0 aliphatic rings. The Balaban J connectivity index is 3.04. The molecular formula is C14H24FN3O2S. The van der Waals surface area contributed by atoms with E-state index in [0.717, 1.165) is 6.07 Å². The van der Waals surface area contributed by atoms with Gasteiger partial charge in [0.05, 0.1) is 0 Å². The Hall–Kier alpha value is -1.02. The van der Waals surface area contributed by atoms with E-state index in [1.807, 2.05) is 32.8 Å². The minimum absolute atomic E-state index is 0.0913. The van der Waals surface area contributed by atoms with Crippen LogP contribution in [0.25, 0.3) is 0 Å². The Morgan fingerprint density at radius 1 is 1.33 bits per heavy atom. The van der Waals surface area contributed by atoms with E-state index in [2.05, 4.69) is 4.72 Å². The smallest absolute Gasteiger partial charge is 0.243 e. The molecule has 0 fully saturated rings. The van der Waals surface area contributed by atoms with E-state index in [-0.39, 0.29) is 23.4 Å². The van der Waals surface area contributed by atoms with Gasteiger partial charge in [0, 0.05) is 19.1 Å². The maximum absolute atomic E-state index is 14.0. The van der Waals surface area contributed by atoms with E-state index >= 15 is 0 Å². The van der Waals surface area contributed by atoms with E-state index in [1.54, 1.807) is 0 Å². The molecule has 0 saturated carbocycles. The second-order valence-electron chi connectivity index (χ2n) is 5.70. The average molecular weight is 317 g/mol. The summed E-state index contributed by atoms with van der Waals surface area (Å²) in [4.78, 5) is 1.55. The summed E-state index contributed by atoms with van der Waals surface area (Å²) in [7, 11) is -0.175. The normalized spacial score (nSPS) is 13.9. The van der Waals surface area contributed by atoms with Crippen molar-refractivity contribution in [2.75, 3.05) is 20.6 Å². The lowest BCUT2D eigenvalue weighted by molar-refractivity contribution is 0.314. The maximum atomic E-state index is 14.0. The van der Waals surface area contributed by atoms with Gasteiger partial charge in [-0.2, -0.15) is 0 Å². The number of nitrogens with one attached hydrogen (secondary N) is 1. The van der Waals surface area contributed by atoms with Crippen molar-refractivity contribution in [2.24, 2.45) is 11.7 Å². The van der Waals surface area contributed by atoms with Gasteiger partial charge in [-0.1, -0.05) is 19.9 Å². The first kappa shape index (κ1) is 18.0. The van der Waals surface area contributed by atoms with Gasteiger partial charge in [-0.15, -0.1) is 0 Å². The summed E-state index contributed by atoms with van der Waals surface area (Å²) >= 11 is 0. The van der Waals surface area contributed by atoms with Crippen LogP contribution in [0.1, 0.15) is 19.4 Å². The molecular weight excluding hydrogens is 293 g/mol. The number of nitrogens with zero attached hydrogens (tertiary/aromatic N) is 1. The molecule has 3 N–H and O–H groups in total. The molecule has 21 heavy (non-hydrogen) atoms. The molecule has 1 atom stereocenters. The number of benzene rings is 1. The fourth-order valence-electron chi connectivity index (χ4n) is 1.93. The van der Waals surface area contributed by atoms with Crippen molar-refractivity contribution in [3.05, 3.63) is 29.6 Å². The lowest BCUT2D eigenvalue weighted by Crippen LogP contribution is -2.45. The number of nitrogens with two attached hydrogens (primary N) is 1. The molecule has 0 radical (unpaired) electrons. The predicted octanol–water partition coefficient (Wildman–Crippen LogP) is 1.15. The van der Waals surface area contributed by atoms with E-state index in [0.29, 0.717) is 12.1 Å². The van der Waals surface area contributed by atoms with E-state index in [9.17, 15) is 12.8 Å². The average Bonchev–Trinajstić information content (AvgIpc) is 2.36. The number of hydrogen-bond acceptors (Lipinski definition) is 4. The Labute approximate surface area is 126 Å². The van der Waals surface area contributed by atoms with Crippen LogP contribution in [0.5, 0.6) is 0 Å². The zero-order valence-corrected chi connectivity index (χ0v) is 13.7. The van der Waals surface area contributed by atoms with Gasteiger partial charge < -0.3 is 10.6 Å². The minimum atomic E-state index is -3.90. The molecule has 1 rings (SSSR count). The Morgan fingerprint density at radius 3 is 2.38 bits per heavy atom. The summed E-state index contributed by atoms with van der Waals surface area (Å²) in [6.07, 6.45) is 0. The largest absolute Gasteiger partial charge is 0.326 e. The maximum Gasteiger partial charge on any atom is 0.243 e. The number of rotatable bonds is 7. The molecule has 0 amide bonds. The molecule has 5 nitrogen and oxygen atoms in total. The molecule has 1 unspecified atom stereocenters. The van der Waals surface area contributed by atoms with Crippen LogP contribution < -0.4 is 10.5 Å². The summed E-state index contributed by atoms with van der Waals surface area (Å²) in [6.45, 7) is 4.55. The molecule has 1 aromatic rings. The molecule has 0 aromatic heterocycles. The molecule has 0 heterocycles. The van der Waals surface area contributed by atoms with Crippen molar-refractivity contribution < 1.29 is 12.8 Å². The number of likely N-dealkylation sites (N-methyl/N-ethyl adjacent to an activating group) is 1. The molecule has 120 valence electrons. The van der Waals surface area contributed by atoms with Crippen LogP contribution in [0.2, 0.25) is 0 Å². The predicted molar refractivity (Wildman–Crippen MR) is 81.8 cm³/mol. The molecule has 1 aromatic carbocycles. The lowest BCUT2D eigenvalue weighted by atomic mass is 10.1. The van der Waals surface area contributed by atoms with Crippen LogP contribution in [-0.2, 0) is 16.6 Å². The second kappa shape index (κ2) is 7.31. The third kappa shape index (κ3) is 5.03. The van der Waals surface area contributed by atoms with Gasteiger partial charge in [-0.05, 0) is 37.7 Å². The highest BCUT2D eigenvalue weighted by atomic mass is 32.2. The quantitative estimate of drug-likeness (QED) is 0.791. The zero-order chi connectivity index (χ0) is 16.2. The molecule has 0 saturated heterocycles. The summed E-state index contributed by atoms with van der Waals surface area (Å²) in [5.74, 6) is -0.689. The first-order valence-electron chi connectivity index (χ1n) is 6.83. The fourth-order valence-corrected chi connectivity index (χ4v) is 3.36. The van der Waals surface area contributed by atoms with Gasteiger partial charge in [0.15, 0.2) is 0 Å². The van der Waals surface area contributed by atoms with Gasteiger partial charge in [0.25, 0.3) is 0 Å². The lowest BCUT2D eigenvalue weighted by Gasteiger charge is -2.25.